The molecule has 2 aromatic carbocycles. The highest BCUT2D eigenvalue weighted by Gasteiger charge is 2.29. The number of amides is 1. The Hall–Kier alpha value is -4.40. The van der Waals surface area contributed by atoms with Gasteiger partial charge in [0.25, 0.3) is 0 Å². The van der Waals surface area contributed by atoms with Gasteiger partial charge in [0.15, 0.2) is 11.5 Å². The number of benzene rings is 2. The van der Waals surface area contributed by atoms with Gasteiger partial charge in [-0.15, -0.1) is 0 Å². The van der Waals surface area contributed by atoms with Gasteiger partial charge in [-0.2, -0.15) is 0 Å². The number of aromatic nitrogens is 2. The van der Waals surface area contributed by atoms with Crippen molar-refractivity contribution in [3.63, 3.8) is 0 Å². The summed E-state index contributed by atoms with van der Waals surface area (Å²) in [6, 6.07) is 11.8. The van der Waals surface area contributed by atoms with Gasteiger partial charge in [0, 0.05) is 19.3 Å². The number of aromatic amines is 1. The smallest absolute Gasteiger partial charge is 0.481 e. The van der Waals surface area contributed by atoms with Gasteiger partial charge in [-0.3, -0.25) is 20.2 Å². The van der Waals surface area contributed by atoms with E-state index in [1.54, 1.807) is 18.2 Å². The Kier molecular flexibility index (Phi) is 9.13. The molecular formula is C27H32N6O8. The molecule has 1 aromatic heterocycles. The number of carboxylic acid groups (broad SMARTS) is 1. The van der Waals surface area contributed by atoms with Crippen molar-refractivity contribution in [3.8, 4) is 11.5 Å². The summed E-state index contributed by atoms with van der Waals surface area (Å²) in [5.41, 5.74) is 2.43. The van der Waals surface area contributed by atoms with Crippen molar-refractivity contribution < 1.29 is 38.4 Å². The number of hydrogen-bond acceptors (Lipinski definition) is 11. The summed E-state index contributed by atoms with van der Waals surface area (Å²) >= 11 is 0. The summed E-state index contributed by atoms with van der Waals surface area (Å²) < 4.78 is 20.3. The molecule has 218 valence electrons. The average Bonchev–Trinajstić information content (AvgIpc) is 3.59. The van der Waals surface area contributed by atoms with Crippen LogP contribution >= 0.6 is 0 Å². The number of ether oxygens (including phenoxy) is 4. The summed E-state index contributed by atoms with van der Waals surface area (Å²) in [6.45, 7) is 1.06. The molecule has 2 aliphatic rings. The van der Waals surface area contributed by atoms with Gasteiger partial charge < -0.3 is 34.4 Å². The third-order valence-corrected chi connectivity index (χ3v) is 6.70. The third kappa shape index (κ3) is 7.63. The van der Waals surface area contributed by atoms with Crippen LogP contribution in [0.15, 0.2) is 42.5 Å². The maximum Gasteiger partial charge on any atom is 0.516 e. The van der Waals surface area contributed by atoms with Crippen LogP contribution in [0.1, 0.15) is 43.1 Å². The second-order valence-electron chi connectivity index (χ2n) is 9.59. The van der Waals surface area contributed by atoms with Crippen LogP contribution in [0.2, 0.25) is 0 Å². The fourth-order valence-corrected chi connectivity index (χ4v) is 4.59. The minimum absolute atomic E-state index is 0.122. The molecule has 6 N–H and O–H groups in total. The number of unbranched alkanes of at least 4 members (excludes halogenated alkanes) is 1. The lowest BCUT2D eigenvalue weighted by molar-refractivity contribution is -0.198. The van der Waals surface area contributed by atoms with Crippen LogP contribution in [0.5, 0.6) is 11.5 Å². The molecule has 2 aliphatic heterocycles. The van der Waals surface area contributed by atoms with Gasteiger partial charge in [0.05, 0.1) is 30.0 Å². The molecule has 41 heavy (non-hydrogen) atoms. The number of rotatable bonds is 16. The Labute approximate surface area is 235 Å². The van der Waals surface area contributed by atoms with Crippen molar-refractivity contribution in [2.75, 3.05) is 20.0 Å². The number of imidazole rings is 1. The summed E-state index contributed by atoms with van der Waals surface area (Å²) in [4.78, 5) is 43.2. The number of fused-ring (bicyclic) bond motifs is 2. The predicted molar refractivity (Wildman–Crippen MR) is 144 cm³/mol. The standard InChI is InChI=1S/C27H32N6O8/c34-24(35)12-20(16-8-9-21-22(11-16)39-15-38-21)31-14-30-19(7-3-4-10-28-26-40-27(37)41-26)25(36)29-13-23-32-17-5-1-2-6-18(17)33-23/h1-2,5-6,8-9,11,19-20,26,28,30-31H,3-4,7,10,12-15H2,(H,29,36)(H,32,33)(H,34,35)/t19-,20-/m0/s1. The zero-order valence-electron chi connectivity index (χ0n) is 22.2. The van der Waals surface area contributed by atoms with Crippen molar-refractivity contribution in [1.29, 1.82) is 0 Å². The molecule has 0 bridgehead atoms. The third-order valence-electron chi connectivity index (χ3n) is 6.70. The highest BCUT2D eigenvalue weighted by Crippen LogP contribution is 2.34. The second-order valence-corrected chi connectivity index (χ2v) is 9.59. The first-order valence-electron chi connectivity index (χ1n) is 13.3. The van der Waals surface area contributed by atoms with Gasteiger partial charge in [-0.25, -0.2) is 15.1 Å². The van der Waals surface area contributed by atoms with Gasteiger partial charge >= 0.3 is 18.5 Å². The molecule has 0 spiro atoms. The fourth-order valence-electron chi connectivity index (χ4n) is 4.59. The molecule has 3 aromatic rings. The van der Waals surface area contributed by atoms with Crippen LogP contribution in [-0.4, -0.2) is 65.6 Å². The predicted octanol–water partition coefficient (Wildman–Crippen LogP) is 1.84. The largest absolute Gasteiger partial charge is 0.516 e. The molecular weight excluding hydrogens is 536 g/mol. The number of carboxylic acids is 1. The Morgan fingerprint density at radius 3 is 2.71 bits per heavy atom. The quantitative estimate of drug-likeness (QED) is 0.0838. The van der Waals surface area contributed by atoms with E-state index in [1.807, 2.05) is 24.3 Å². The Balaban J connectivity index is 1.16. The SMILES string of the molecule is O=C(O)C[C@H](NCN[C@@H](CCCCNC1OC(=O)O1)C(=O)NCc1nc2ccccc2[nH]1)c1ccc2c(c1)OCO2. The number of nitrogens with one attached hydrogen (secondary N) is 5. The number of carbonyl (C=O) groups excluding carboxylic acids is 2. The number of hydrogen-bond donors (Lipinski definition) is 6. The zero-order chi connectivity index (χ0) is 28.6. The monoisotopic (exact) mass is 568 g/mol. The zero-order valence-corrected chi connectivity index (χ0v) is 22.2. The van der Waals surface area contributed by atoms with Crippen LogP contribution in [0.3, 0.4) is 0 Å². The minimum Gasteiger partial charge on any atom is -0.481 e. The van der Waals surface area contributed by atoms with Gasteiger partial charge in [0.1, 0.15) is 5.82 Å². The Bertz CT molecular complexity index is 1340. The summed E-state index contributed by atoms with van der Waals surface area (Å²) in [7, 11) is 0. The van der Waals surface area contributed by atoms with Crippen molar-refractivity contribution in [2.24, 2.45) is 0 Å². The molecule has 1 amide bonds. The van der Waals surface area contributed by atoms with Crippen LogP contribution in [0.4, 0.5) is 4.79 Å². The van der Waals surface area contributed by atoms with Gasteiger partial charge in [-0.05, 0) is 42.7 Å². The molecule has 3 heterocycles. The maximum atomic E-state index is 13.2. The number of para-hydroxylation sites is 2. The molecule has 14 heteroatoms. The first-order valence-corrected chi connectivity index (χ1v) is 13.3. The van der Waals surface area contributed by atoms with Crippen molar-refractivity contribution in [2.45, 2.75) is 50.7 Å². The number of H-pyrrole nitrogens is 1. The lowest BCUT2D eigenvalue weighted by Crippen LogP contribution is -2.48. The van der Waals surface area contributed by atoms with Crippen LogP contribution < -0.4 is 30.7 Å². The van der Waals surface area contributed by atoms with E-state index < -0.39 is 30.6 Å². The molecule has 1 fully saturated rings. The van der Waals surface area contributed by atoms with Crippen LogP contribution in [0, 0.1) is 0 Å². The summed E-state index contributed by atoms with van der Waals surface area (Å²) in [5, 5.41) is 21.8. The van der Waals surface area contributed by atoms with E-state index in [9.17, 15) is 19.5 Å². The maximum absolute atomic E-state index is 13.2. The second kappa shape index (κ2) is 13.3. The highest BCUT2D eigenvalue weighted by atomic mass is 16.9. The van der Waals surface area contributed by atoms with Crippen molar-refractivity contribution >= 4 is 29.1 Å². The first-order chi connectivity index (χ1) is 19.9. The van der Waals surface area contributed by atoms with Crippen molar-refractivity contribution in [1.82, 2.24) is 31.2 Å². The van der Waals surface area contributed by atoms with E-state index in [0.717, 1.165) is 16.6 Å². The lowest BCUT2D eigenvalue weighted by atomic mass is 10.0. The molecule has 0 unspecified atom stereocenters. The van der Waals surface area contributed by atoms with Gasteiger partial charge in [-0.1, -0.05) is 24.6 Å². The molecule has 0 saturated carbocycles. The lowest BCUT2D eigenvalue weighted by Gasteiger charge is -2.26. The topological polar surface area (TPSA) is 185 Å². The van der Waals surface area contributed by atoms with E-state index in [0.29, 0.717) is 43.1 Å². The minimum atomic E-state index is -0.964. The van der Waals surface area contributed by atoms with Gasteiger partial charge in [0.2, 0.25) is 12.7 Å². The normalized spacial score (nSPS) is 15.6. The fraction of sp³-hybridized carbons (Fsp3) is 0.407. The van der Waals surface area contributed by atoms with E-state index in [2.05, 4.69) is 31.2 Å². The number of carbonyl (C=O) groups is 3. The average molecular weight is 569 g/mol. The summed E-state index contributed by atoms with van der Waals surface area (Å²) in [5.74, 6) is 0.632. The molecule has 0 aliphatic carbocycles. The molecule has 2 atom stereocenters. The van der Waals surface area contributed by atoms with Crippen LogP contribution in [-0.2, 0) is 25.6 Å². The first kappa shape index (κ1) is 28.1. The Morgan fingerprint density at radius 1 is 1.07 bits per heavy atom. The highest BCUT2D eigenvalue weighted by molar-refractivity contribution is 5.81. The van der Waals surface area contributed by atoms with E-state index in [1.165, 1.54) is 0 Å². The molecule has 14 nitrogen and oxygen atoms in total. The van der Waals surface area contributed by atoms with E-state index in [-0.39, 0.29) is 32.3 Å². The van der Waals surface area contributed by atoms with E-state index >= 15 is 0 Å². The molecule has 5 rings (SSSR count). The Morgan fingerprint density at radius 2 is 1.90 bits per heavy atom. The summed E-state index contributed by atoms with van der Waals surface area (Å²) in [6.07, 6.45) is 0.304. The number of cyclic esters (lactones) is 2. The molecule has 0 radical (unpaired) electrons. The number of nitrogens with zero attached hydrogens (tertiary/aromatic N) is 1. The van der Waals surface area contributed by atoms with Crippen molar-refractivity contribution in [3.05, 3.63) is 53.9 Å². The van der Waals surface area contributed by atoms with Crippen LogP contribution in [0.25, 0.3) is 11.0 Å². The number of aliphatic carboxylic acids is 1. The molecule has 1 saturated heterocycles. The van der Waals surface area contributed by atoms with E-state index in [4.69, 9.17) is 18.9 Å².